The first kappa shape index (κ1) is 13.8. The molecule has 1 fully saturated rings. The number of aliphatic hydroxyl groups is 1. The lowest BCUT2D eigenvalue weighted by Gasteiger charge is -2.14. The number of hydrogen-bond donors (Lipinski definition) is 1. The maximum absolute atomic E-state index is 13.2. The molecule has 0 spiro atoms. The van der Waals surface area contributed by atoms with Gasteiger partial charge in [-0.2, -0.15) is 0 Å². The van der Waals surface area contributed by atoms with Crippen molar-refractivity contribution in [1.29, 1.82) is 0 Å². The molecule has 3 heteroatoms. The van der Waals surface area contributed by atoms with Crippen molar-refractivity contribution in [2.24, 2.45) is 16.7 Å². The number of benzene rings is 1. The standard InChI is InChI=1S/C15H20ClFO/c1-14(2)13(15(14,3)4)12(18)8-9-7-10(17)5-6-11(9)16/h5-7,12-13,18H,8H2,1-4H3. The van der Waals surface area contributed by atoms with Crippen LogP contribution < -0.4 is 0 Å². The molecule has 1 aliphatic rings. The summed E-state index contributed by atoms with van der Waals surface area (Å²) in [6.45, 7) is 8.64. The molecule has 0 radical (unpaired) electrons. The number of aliphatic hydroxyl groups excluding tert-OH is 1. The summed E-state index contributed by atoms with van der Waals surface area (Å²) in [5.74, 6) is -0.0831. The van der Waals surface area contributed by atoms with Gasteiger partial charge in [0.05, 0.1) is 6.10 Å². The summed E-state index contributed by atoms with van der Waals surface area (Å²) in [5, 5.41) is 10.9. The van der Waals surface area contributed by atoms with E-state index in [-0.39, 0.29) is 22.6 Å². The van der Waals surface area contributed by atoms with Crippen molar-refractivity contribution in [3.63, 3.8) is 0 Å². The molecule has 0 amide bonds. The third kappa shape index (κ3) is 2.06. The molecule has 1 atom stereocenters. The third-order valence-electron chi connectivity index (χ3n) is 4.95. The highest BCUT2D eigenvalue weighted by molar-refractivity contribution is 6.31. The molecule has 1 aromatic rings. The minimum atomic E-state index is -0.478. The van der Waals surface area contributed by atoms with Crippen LogP contribution in [0.4, 0.5) is 4.39 Å². The summed E-state index contributed by atoms with van der Waals surface area (Å²) < 4.78 is 13.2. The van der Waals surface area contributed by atoms with Gasteiger partial charge in [0.15, 0.2) is 0 Å². The Hall–Kier alpha value is -0.600. The van der Waals surface area contributed by atoms with Crippen molar-refractivity contribution < 1.29 is 9.50 Å². The molecule has 100 valence electrons. The Morgan fingerprint density at radius 3 is 2.33 bits per heavy atom. The fourth-order valence-corrected chi connectivity index (χ4v) is 3.45. The van der Waals surface area contributed by atoms with E-state index in [4.69, 9.17) is 11.6 Å². The van der Waals surface area contributed by atoms with E-state index in [9.17, 15) is 9.50 Å². The lowest BCUT2D eigenvalue weighted by Crippen LogP contribution is -2.17. The summed E-state index contributed by atoms with van der Waals surface area (Å²) in [6.07, 6.45) is -0.0667. The predicted molar refractivity (Wildman–Crippen MR) is 72.2 cm³/mol. The second-order valence-electron chi connectivity index (χ2n) is 6.43. The minimum Gasteiger partial charge on any atom is -0.392 e. The van der Waals surface area contributed by atoms with Crippen molar-refractivity contribution >= 4 is 11.6 Å². The molecule has 0 aromatic heterocycles. The summed E-state index contributed by atoms with van der Waals surface area (Å²) in [7, 11) is 0. The Kier molecular flexibility index (Phi) is 3.23. The normalized spacial score (nSPS) is 22.8. The van der Waals surface area contributed by atoms with Gasteiger partial charge in [0.25, 0.3) is 0 Å². The highest BCUT2D eigenvalue weighted by atomic mass is 35.5. The highest BCUT2D eigenvalue weighted by Gasteiger charge is 2.66. The maximum atomic E-state index is 13.2. The predicted octanol–water partition coefficient (Wildman–Crippen LogP) is 4.06. The molecule has 2 rings (SSSR count). The van der Waals surface area contributed by atoms with E-state index in [1.54, 1.807) is 6.07 Å². The Balaban J connectivity index is 2.14. The lowest BCUT2D eigenvalue weighted by molar-refractivity contribution is 0.129. The van der Waals surface area contributed by atoms with Crippen LogP contribution in [0.5, 0.6) is 0 Å². The molecular weight excluding hydrogens is 251 g/mol. The van der Waals surface area contributed by atoms with E-state index in [1.807, 2.05) is 0 Å². The van der Waals surface area contributed by atoms with Gasteiger partial charge in [0.2, 0.25) is 0 Å². The quantitative estimate of drug-likeness (QED) is 0.878. The SMILES string of the molecule is CC1(C)C(C(O)Cc2cc(F)ccc2Cl)C1(C)C. The summed E-state index contributed by atoms with van der Waals surface area (Å²) >= 11 is 6.03. The zero-order valence-corrected chi connectivity index (χ0v) is 12.1. The average molecular weight is 271 g/mol. The zero-order valence-electron chi connectivity index (χ0n) is 11.3. The molecule has 1 N–H and O–H groups in total. The van der Waals surface area contributed by atoms with Crippen LogP contribution in [0.1, 0.15) is 33.3 Å². The summed E-state index contributed by atoms with van der Waals surface area (Å²) in [4.78, 5) is 0. The third-order valence-corrected chi connectivity index (χ3v) is 5.32. The maximum Gasteiger partial charge on any atom is 0.123 e. The number of hydrogen-bond acceptors (Lipinski definition) is 1. The van der Waals surface area contributed by atoms with E-state index >= 15 is 0 Å². The Labute approximate surface area is 113 Å². The molecular formula is C15H20ClFO. The first-order chi connectivity index (χ1) is 8.18. The average Bonchev–Trinajstić information content (AvgIpc) is 2.63. The van der Waals surface area contributed by atoms with Crippen molar-refractivity contribution in [3.8, 4) is 0 Å². The second-order valence-corrected chi connectivity index (χ2v) is 6.84. The molecule has 1 aromatic carbocycles. The fourth-order valence-electron chi connectivity index (χ4n) is 3.25. The molecule has 1 saturated carbocycles. The number of rotatable bonds is 3. The van der Waals surface area contributed by atoms with Crippen LogP contribution in [0.25, 0.3) is 0 Å². The molecule has 0 bridgehead atoms. The van der Waals surface area contributed by atoms with Gasteiger partial charge < -0.3 is 5.11 Å². The van der Waals surface area contributed by atoms with E-state index in [2.05, 4.69) is 27.7 Å². The lowest BCUT2D eigenvalue weighted by atomic mass is 9.99. The summed E-state index contributed by atoms with van der Waals surface area (Å²) in [6, 6.07) is 4.29. The van der Waals surface area contributed by atoms with Gasteiger partial charge in [-0.25, -0.2) is 4.39 Å². The van der Waals surface area contributed by atoms with Gasteiger partial charge in [-0.1, -0.05) is 39.3 Å². The van der Waals surface area contributed by atoms with Crippen molar-refractivity contribution in [2.75, 3.05) is 0 Å². The minimum absolute atomic E-state index is 0.117. The van der Waals surface area contributed by atoms with Crippen LogP contribution in [0.3, 0.4) is 0 Å². The van der Waals surface area contributed by atoms with Crippen molar-refractivity contribution in [1.82, 2.24) is 0 Å². The molecule has 1 nitrogen and oxygen atoms in total. The van der Waals surface area contributed by atoms with Crippen molar-refractivity contribution in [3.05, 3.63) is 34.6 Å². The van der Waals surface area contributed by atoms with Gasteiger partial charge in [-0.3, -0.25) is 0 Å². The second kappa shape index (κ2) is 4.21. The Bertz CT molecular complexity index is 454. The smallest absolute Gasteiger partial charge is 0.123 e. The van der Waals surface area contributed by atoms with Gasteiger partial charge >= 0.3 is 0 Å². The largest absolute Gasteiger partial charge is 0.392 e. The van der Waals surface area contributed by atoms with Crippen LogP contribution in [0.2, 0.25) is 5.02 Å². The molecule has 0 heterocycles. The van der Waals surface area contributed by atoms with Crippen molar-refractivity contribution in [2.45, 2.75) is 40.2 Å². The van der Waals surface area contributed by atoms with E-state index in [1.165, 1.54) is 12.1 Å². The van der Waals surface area contributed by atoms with Crippen LogP contribution in [0.15, 0.2) is 18.2 Å². The first-order valence-corrected chi connectivity index (χ1v) is 6.67. The van der Waals surface area contributed by atoms with Gasteiger partial charge in [-0.05, 0) is 40.5 Å². The molecule has 0 aliphatic heterocycles. The first-order valence-electron chi connectivity index (χ1n) is 6.30. The van der Waals surface area contributed by atoms with Gasteiger partial charge in [0, 0.05) is 11.4 Å². The highest BCUT2D eigenvalue weighted by Crippen LogP contribution is 2.69. The van der Waals surface area contributed by atoms with Crippen LogP contribution in [-0.4, -0.2) is 11.2 Å². The Morgan fingerprint density at radius 1 is 1.28 bits per heavy atom. The monoisotopic (exact) mass is 270 g/mol. The fraction of sp³-hybridized carbons (Fsp3) is 0.600. The van der Waals surface area contributed by atoms with E-state index < -0.39 is 6.10 Å². The molecule has 1 unspecified atom stereocenters. The topological polar surface area (TPSA) is 20.2 Å². The van der Waals surface area contributed by atoms with E-state index in [0.717, 1.165) is 0 Å². The molecule has 0 saturated heterocycles. The van der Waals surface area contributed by atoms with Gasteiger partial charge in [0.1, 0.15) is 5.82 Å². The molecule has 1 aliphatic carbocycles. The number of halogens is 2. The van der Waals surface area contributed by atoms with Crippen LogP contribution in [0, 0.1) is 22.6 Å². The van der Waals surface area contributed by atoms with Crippen LogP contribution >= 0.6 is 11.6 Å². The van der Waals surface area contributed by atoms with E-state index in [0.29, 0.717) is 17.0 Å². The van der Waals surface area contributed by atoms with Gasteiger partial charge in [-0.15, -0.1) is 0 Å². The van der Waals surface area contributed by atoms with Crippen LogP contribution in [-0.2, 0) is 6.42 Å². The Morgan fingerprint density at radius 2 is 1.83 bits per heavy atom. The zero-order chi connectivity index (χ0) is 13.7. The molecule has 18 heavy (non-hydrogen) atoms. The summed E-state index contributed by atoms with van der Waals surface area (Å²) in [5.41, 5.74) is 0.918.